The molecule has 2 aliphatic carbocycles. The number of aromatic nitrogens is 4. The van der Waals surface area contributed by atoms with Gasteiger partial charge in [0, 0.05) is 18.4 Å². The molecule has 0 radical (unpaired) electrons. The lowest BCUT2D eigenvalue weighted by molar-refractivity contribution is -0.142. The van der Waals surface area contributed by atoms with Gasteiger partial charge in [-0.25, -0.2) is 13.2 Å². The summed E-state index contributed by atoms with van der Waals surface area (Å²) in [6.45, 7) is 9.41. The Bertz CT molecular complexity index is 1770. The number of fused-ring (bicyclic) bond motifs is 8. The number of hydrogen-bond acceptors (Lipinski definition) is 10. The smallest absolute Gasteiger partial charge is 0.407 e. The lowest BCUT2D eigenvalue weighted by atomic mass is 9.85. The Morgan fingerprint density at radius 3 is 2.60 bits per heavy atom. The molecule has 0 spiro atoms. The third-order valence-corrected chi connectivity index (χ3v) is 11.9. The Kier molecular flexibility index (Phi) is 9.76. The monoisotopic (exact) mass is 710 g/mol. The molecule has 1 saturated heterocycles. The Balaban J connectivity index is 1.31. The molecular weight excluding hydrogens is 664 g/mol. The van der Waals surface area contributed by atoms with E-state index in [1.807, 2.05) is 24.3 Å². The second-order valence-corrected chi connectivity index (χ2v) is 16.9. The zero-order valence-corrected chi connectivity index (χ0v) is 29.6. The van der Waals surface area contributed by atoms with Crippen LogP contribution in [0.5, 0.6) is 0 Å². The highest BCUT2D eigenvalue weighted by atomic mass is 32.2. The van der Waals surface area contributed by atoms with E-state index in [0.717, 1.165) is 36.9 Å². The van der Waals surface area contributed by atoms with Gasteiger partial charge in [0.05, 0.1) is 17.5 Å². The van der Waals surface area contributed by atoms with Crippen LogP contribution in [-0.2, 0) is 35.6 Å². The molecule has 6 rings (SSSR count). The number of aryl methyl sites for hydroxylation is 1. The molecule has 2 aromatic rings. The van der Waals surface area contributed by atoms with E-state index in [-0.39, 0.29) is 26.0 Å². The van der Waals surface area contributed by atoms with E-state index in [1.54, 1.807) is 20.8 Å². The van der Waals surface area contributed by atoms with Gasteiger partial charge in [-0.05, 0) is 73.3 Å². The fraction of sp³-hybridized carbons (Fsp3) is 0.618. The van der Waals surface area contributed by atoms with Gasteiger partial charge >= 0.3 is 6.09 Å². The zero-order valence-electron chi connectivity index (χ0n) is 28.8. The van der Waals surface area contributed by atoms with Crippen molar-refractivity contribution in [3.8, 4) is 5.69 Å². The predicted molar refractivity (Wildman–Crippen MR) is 181 cm³/mol. The van der Waals surface area contributed by atoms with Crippen molar-refractivity contribution >= 4 is 33.8 Å². The van der Waals surface area contributed by atoms with E-state index in [1.165, 1.54) is 15.8 Å². The maximum Gasteiger partial charge on any atom is 0.407 e. The van der Waals surface area contributed by atoms with Crippen LogP contribution in [0.25, 0.3) is 5.69 Å². The highest BCUT2D eigenvalue weighted by molar-refractivity contribution is 7.91. The van der Waals surface area contributed by atoms with Crippen LogP contribution in [0.4, 0.5) is 4.79 Å². The van der Waals surface area contributed by atoms with Gasteiger partial charge in [-0.3, -0.25) is 19.1 Å². The number of hydrogen-bond donors (Lipinski definition) is 3. The first-order chi connectivity index (χ1) is 23.7. The molecule has 1 aromatic carbocycles. The summed E-state index contributed by atoms with van der Waals surface area (Å²) in [5.74, 6) is -2.68. The Morgan fingerprint density at radius 2 is 1.90 bits per heavy atom. The van der Waals surface area contributed by atoms with Gasteiger partial charge in [0.1, 0.15) is 17.6 Å². The average molecular weight is 711 g/mol. The molecule has 4 amide bonds. The molecule has 16 heteroatoms. The summed E-state index contributed by atoms with van der Waals surface area (Å²) < 4.78 is 32.9. The largest absolute Gasteiger partial charge is 0.450 e. The minimum atomic E-state index is -3.88. The molecule has 6 bridgehead atoms. The van der Waals surface area contributed by atoms with Crippen molar-refractivity contribution in [3.63, 3.8) is 0 Å². The molecular formula is C34H46N8O7S. The zero-order chi connectivity index (χ0) is 35.8. The van der Waals surface area contributed by atoms with E-state index in [2.05, 4.69) is 37.3 Å². The fourth-order valence-corrected chi connectivity index (χ4v) is 8.16. The van der Waals surface area contributed by atoms with Gasteiger partial charge < -0.3 is 20.3 Å². The molecule has 50 heavy (non-hydrogen) atoms. The standard InChI is InChI=1S/C34H46N8O7S/c1-5-23-19-34(23,31(45)39-50(47,48)25-14-15-25)36-29(43)26-18-22-20-41(26)30(44)27(33(2,3)4)35-32(46)49-16-9-7-6-8-11-21-12-10-13-24(17-21)42-38-28(22)37-40-42/h5,10,12-13,17,22-23,25-27H,1,6-9,11,14-16,18-20H2,2-4H3,(H,35,46)(H,36,43)(H,39,45)/t22-,23-,26+,27-,34-/m1/s1. The maximum absolute atomic E-state index is 14.4. The van der Waals surface area contributed by atoms with Crippen molar-refractivity contribution < 1.29 is 32.3 Å². The average Bonchev–Trinajstić information content (AvgIpc) is 3.94. The molecule has 3 heterocycles. The van der Waals surface area contributed by atoms with Gasteiger partial charge in [0.15, 0.2) is 5.82 Å². The number of carbonyl (C=O) groups excluding carboxylic acids is 4. The summed E-state index contributed by atoms with van der Waals surface area (Å²) in [7, 11) is -3.88. The number of nitrogens with zero attached hydrogens (tertiary/aromatic N) is 5. The third kappa shape index (κ3) is 7.54. The molecule has 4 aliphatic rings. The number of carbonyl (C=O) groups is 4. The molecule has 2 saturated carbocycles. The topological polar surface area (TPSA) is 195 Å². The molecule has 1 aromatic heterocycles. The fourth-order valence-electron chi connectivity index (χ4n) is 6.79. The predicted octanol–water partition coefficient (Wildman–Crippen LogP) is 2.27. The van der Waals surface area contributed by atoms with Crippen molar-refractivity contribution in [2.75, 3.05) is 13.2 Å². The van der Waals surface area contributed by atoms with E-state index in [4.69, 9.17) is 4.74 Å². The van der Waals surface area contributed by atoms with Crippen LogP contribution in [0.2, 0.25) is 0 Å². The summed E-state index contributed by atoms with van der Waals surface area (Å²) >= 11 is 0. The van der Waals surface area contributed by atoms with Crippen LogP contribution in [-0.4, -0.2) is 93.4 Å². The second kappa shape index (κ2) is 13.8. The van der Waals surface area contributed by atoms with E-state index >= 15 is 0 Å². The van der Waals surface area contributed by atoms with E-state index in [0.29, 0.717) is 25.1 Å². The van der Waals surface area contributed by atoms with Gasteiger partial charge in [0.2, 0.25) is 21.8 Å². The molecule has 5 atom stereocenters. The highest BCUT2D eigenvalue weighted by Crippen LogP contribution is 2.46. The number of sulfonamides is 1. The van der Waals surface area contributed by atoms with Crippen molar-refractivity contribution in [3.05, 3.63) is 48.3 Å². The normalized spacial score (nSPS) is 27.8. The first-order valence-corrected chi connectivity index (χ1v) is 18.9. The minimum Gasteiger partial charge on any atom is -0.450 e. The van der Waals surface area contributed by atoms with Crippen LogP contribution < -0.4 is 15.4 Å². The third-order valence-electron chi connectivity index (χ3n) is 10.0. The first-order valence-electron chi connectivity index (χ1n) is 17.4. The summed E-state index contributed by atoms with van der Waals surface area (Å²) in [4.78, 5) is 57.8. The minimum absolute atomic E-state index is 0.0338. The lowest BCUT2D eigenvalue weighted by Crippen LogP contribution is -2.60. The molecule has 270 valence electrons. The number of cyclic esters (lactones) is 1. The van der Waals surface area contributed by atoms with Crippen LogP contribution in [0.1, 0.15) is 89.4 Å². The number of benzene rings is 1. The number of rotatable bonds is 6. The number of ether oxygens (including phenoxy) is 1. The van der Waals surface area contributed by atoms with Gasteiger partial charge in [-0.2, -0.15) is 0 Å². The Labute approximate surface area is 292 Å². The first kappa shape index (κ1) is 35.5. The number of amides is 4. The number of alkyl carbamates (subject to hydrolysis) is 1. The summed E-state index contributed by atoms with van der Waals surface area (Å²) in [5, 5.41) is 18.1. The van der Waals surface area contributed by atoms with Crippen LogP contribution in [0.3, 0.4) is 0 Å². The summed E-state index contributed by atoms with van der Waals surface area (Å²) in [6, 6.07) is 5.70. The lowest BCUT2D eigenvalue weighted by Gasteiger charge is -2.35. The van der Waals surface area contributed by atoms with Crippen LogP contribution >= 0.6 is 0 Å². The van der Waals surface area contributed by atoms with Crippen molar-refractivity contribution in [2.24, 2.45) is 11.3 Å². The Hall–Kier alpha value is -4.34. The van der Waals surface area contributed by atoms with Crippen molar-refractivity contribution in [1.82, 2.24) is 40.5 Å². The van der Waals surface area contributed by atoms with Crippen molar-refractivity contribution in [2.45, 2.75) is 107 Å². The van der Waals surface area contributed by atoms with E-state index in [9.17, 15) is 27.6 Å². The second-order valence-electron chi connectivity index (χ2n) is 15.0. The molecule has 15 nitrogen and oxygen atoms in total. The molecule has 2 aliphatic heterocycles. The maximum atomic E-state index is 14.4. The summed E-state index contributed by atoms with van der Waals surface area (Å²) in [5.41, 5.74) is -0.455. The summed E-state index contributed by atoms with van der Waals surface area (Å²) in [6.07, 6.45) is 6.28. The Morgan fingerprint density at radius 1 is 1.14 bits per heavy atom. The van der Waals surface area contributed by atoms with Gasteiger partial charge in [-0.1, -0.05) is 51.8 Å². The SMILES string of the molecule is C=C[C@@H]1C[C@]1(NC(=O)[C@@H]1C[C@@H]2CN1C(=O)[C@H](C(C)(C)C)NC(=O)OCCCCCCc1cccc(c1)-n1nnc2n1)C(=O)NS(=O)(=O)C1CC1. The highest BCUT2D eigenvalue weighted by Gasteiger charge is 2.62. The number of nitrogens with one attached hydrogen (secondary N) is 3. The van der Waals surface area contributed by atoms with Crippen LogP contribution in [0.15, 0.2) is 36.9 Å². The van der Waals surface area contributed by atoms with Crippen LogP contribution in [0, 0.1) is 11.3 Å². The van der Waals surface area contributed by atoms with Gasteiger partial charge in [0.25, 0.3) is 5.91 Å². The molecule has 0 unspecified atom stereocenters. The van der Waals surface area contributed by atoms with Gasteiger partial charge in [-0.15, -0.1) is 21.6 Å². The van der Waals surface area contributed by atoms with E-state index < -0.39 is 74.0 Å². The quantitative estimate of drug-likeness (QED) is 0.375. The number of tetrazole rings is 1. The molecule has 3 fully saturated rings. The van der Waals surface area contributed by atoms with Crippen molar-refractivity contribution in [1.29, 1.82) is 0 Å². The molecule has 3 N–H and O–H groups in total.